The average molecular weight is 364 g/mol. The molecule has 0 heterocycles. The van der Waals surface area contributed by atoms with Gasteiger partial charge < -0.3 is 9.63 Å². The largest absolute Gasteiger partial charge is 0.492 e. The Bertz CT molecular complexity index is 644. The Morgan fingerprint density at radius 3 is 2.45 bits per heavy atom. The molecule has 1 rings (SSSR count). The van der Waals surface area contributed by atoms with Crippen LogP contribution < -0.4 is 4.74 Å². The van der Waals surface area contributed by atoms with Crippen LogP contribution in [0.5, 0.6) is 5.75 Å². The van der Waals surface area contributed by atoms with Crippen LogP contribution in [0.1, 0.15) is 12.5 Å². The summed E-state index contributed by atoms with van der Waals surface area (Å²) in [6, 6.07) is 2.56. The molecule has 0 spiro atoms. The summed E-state index contributed by atoms with van der Waals surface area (Å²) in [7, 11) is -8.42. The number of hydrogen-bond donors (Lipinski definition) is 1. The van der Waals surface area contributed by atoms with Gasteiger partial charge in [0.05, 0.1) is 12.2 Å². The van der Waals surface area contributed by atoms with Gasteiger partial charge in [-0.05, 0) is 19.1 Å². The van der Waals surface area contributed by atoms with E-state index < -0.39 is 47.6 Å². The number of halogens is 3. The highest BCUT2D eigenvalue weighted by Crippen LogP contribution is 2.39. The summed E-state index contributed by atoms with van der Waals surface area (Å²) in [5, 5.41) is 0. The summed E-state index contributed by atoms with van der Waals surface area (Å²) in [5.41, 5.74) is -1.48. The van der Waals surface area contributed by atoms with Crippen LogP contribution in [0, 0.1) is 0 Å². The molecule has 0 amide bonds. The maximum absolute atomic E-state index is 13.0. The van der Waals surface area contributed by atoms with E-state index in [0.29, 0.717) is 6.07 Å². The van der Waals surface area contributed by atoms with Crippen LogP contribution >= 0.6 is 8.25 Å². The molecule has 1 aromatic rings. The summed E-state index contributed by atoms with van der Waals surface area (Å²) in [6.07, 6.45) is -4.97. The normalized spacial score (nSPS) is 13.9. The van der Waals surface area contributed by atoms with Gasteiger partial charge in [0.2, 0.25) is 0 Å². The van der Waals surface area contributed by atoms with Crippen molar-refractivity contribution in [2.24, 2.45) is 0 Å². The zero-order valence-corrected chi connectivity index (χ0v) is 12.9. The van der Waals surface area contributed by atoms with Gasteiger partial charge in [-0.25, -0.2) is 4.18 Å². The Kier molecular flexibility index (Phi) is 6.38. The molecule has 7 nitrogen and oxygen atoms in total. The van der Waals surface area contributed by atoms with Crippen molar-refractivity contribution < 1.29 is 44.5 Å². The maximum atomic E-state index is 13.0. The smallest absolute Gasteiger partial charge is 0.417 e. The Labute approximate surface area is 124 Å². The van der Waals surface area contributed by atoms with Gasteiger partial charge >= 0.3 is 24.5 Å². The molecule has 1 unspecified atom stereocenters. The van der Waals surface area contributed by atoms with Crippen LogP contribution in [-0.2, 0) is 29.6 Å². The summed E-state index contributed by atoms with van der Waals surface area (Å²) >= 11 is 0. The first kappa shape index (κ1) is 18.9. The quantitative estimate of drug-likeness (QED) is 0.450. The van der Waals surface area contributed by atoms with E-state index in [1.54, 1.807) is 0 Å². The molecule has 0 aliphatic carbocycles. The number of rotatable bonds is 7. The summed E-state index contributed by atoms with van der Waals surface area (Å²) < 4.78 is 86.1. The molecule has 0 radical (unpaired) electrons. The van der Waals surface area contributed by atoms with Crippen molar-refractivity contribution in [2.45, 2.75) is 18.0 Å². The van der Waals surface area contributed by atoms with Gasteiger partial charge in [-0.15, -0.1) is 0 Å². The van der Waals surface area contributed by atoms with Gasteiger partial charge in [0, 0.05) is 0 Å². The first-order valence-corrected chi connectivity index (χ1v) is 8.35. The van der Waals surface area contributed by atoms with Gasteiger partial charge in [0.15, 0.2) is 6.79 Å². The fourth-order valence-corrected chi connectivity index (χ4v) is 2.83. The first-order chi connectivity index (χ1) is 10.1. The first-order valence-electron chi connectivity index (χ1n) is 5.67. The molecule has 1 atom stereocenters. The van der Waals surface area contributed by atoms with Crippen LogP contribution in [-0.4, -0.2) is 26.7 Å². The van der Waals surface area contributed by atoms with Crippen LogP contribution in [0.15, 0.2) is 23.1 Å². The molecular weight excluding hydrogens is 352 g/mol. The van der Waals surface area contributed by atoms with Crippen LogP contribution in [0.4, 0.5) is 13.2 Å². The third-order valence-electron chi connectivity index (χ3n) is 2.22. The minimum atomic E-state index is -4.97. The topological polar surface area (TPSA) is 99.1 Å². The molecular formula is C10H12F3O7PS. The monoisotopic (exact) mass is 364 g/mol. The van der Waals surface area contributed by atoms with E-state index in [-0.39, 0.29) is 6.61 Å². The molecule has 0 aromatic heterocycles. The van der Waals surface area contributed by atoms with Gasteiger partial charge in [0.1, 0.15) is 10.6 Å². The molecule has 126 valence electrons. The molecule has 0 saturated carbocycles. The summed E-state index contributed by atoms with van der Waals surface area (Å²) in [6.45, 7) is 0.178. The fourth-order valence-electron chi connectivity index (χ4n) is 1.46. The maximum Gasteiger partial charge on any atom is 0.417 e. The number of ether oxygens (including phenoxy) is 1. The van der Waals surface area contributed by atoms with Crippen molar-refractivity contribution in [1.29, 1.82) is 0 Å². The molecule has 0 fully saturated rings. The lowest BCUT2D eigenvalue weighted by molar-refractivity contribution is -0.140. The van der Waals surface area contributed by atoms with E-state index in [0.717, 1.165) is 12.1 Å². The highest BCUT2D eigenvalue weighted by atomic mass is 32.2. The molecule has 0 aliphatic heterocycles. The molecule has 0 saturated heterocycles. The van der Waals surface area contributed by atoms with Crippen molar-refractivity contribution in [3.63, 3.8) is 0 Å². The van der Waals surface area contributed by atoms with Crippen LogP contribution in [0.3, 0.4) is 0 Å². The molecule has 0 aliphatic rings. The van der Waals surface area contributed by atoms with Crippen molar-refractivity contribution in [2.75, 3.05) is 13.4 Å². The van der Waals surface area contributed by atoms with Gasteiger partial charge in [-0.2, -0.15) is 21.6 Å². The Hall–Kier alpha value is -1.13. The van der Waals surface area contributed by atoms with Crippen molar-refractivity contribution >= 4 is 18.4 Å². The lowest BCUT2D eigenvalue weighted by Gasteiger charge is -2.16. The van der Waals surface area contributed by atoms with E-state index in [9.17, 15) is 26.2 Å². The second-order valence-electron chi connectivity index (χ2n) is 3.66. The van der Waals surface area contributed by atoms with E-state index in [1.165, 1.54) is 6.92 Å². The summed E-state index contributed by atoms with van der Waals surface area (Å²) in [4.78, 5) is 7.17. The van der Waals surface area contributed by atoms with Gasteiger partial charge in [0.25, 0.3) is 0 Å². The third kappa shape index (κ3) is 4.96. The minimum absolute atomic E-state index is 0.0787. The highest BCUT2D eigenvalue weighted by molar-refractivity contribution is 7.87. The molecule has 0 bridgehead atoms. The van der Waals surface area contributed by atoms with Gasteiger partial charge in [-0.1, -0.05) is 6.07 Å². The lowest BCUT2D eigenvalue weighted by atomic mass is 10.2. The molecule has 1 aromatic carbocycles. The summed E-state index contributed by atoms with van der Waals surface area (Å²) in [5.74, 6) is -0.547. The zero-order valence-electron chi connectivity index (χ0n) is 11.1. The Balaban J connectivity index is 3.32. The lowest BCUT2D eigenvalue weighted by Crippen LogP contribution is -2.17. The predicted molar refractivity (Wildman–Crippen MR) is 68.1 cm³/mol. The average Bonchev–Trinajstić information content (AvgIpc) is 2.37. The van der Waals surface area contributed by atoms with E-state index >= 15 is 0 Å². The highest BCUT2D eigenvalue weighted by Gasteiger charge is 2.40. The van der Waals surface area contributed by atoms with Crippen molar-refractivity contribution in [3.05, 3.63) is 23.8 Å². The zero-order chi connectivity index (χ0) is 17.0. The minimum Gasteiger partial charge on any atom is -0.492 e. The van der Waals surface area contributed by atoms with E-state index in [2.05, 4.69) is 8.71 Å². The van der Waals surface area contributed by atoms with Crippen LogP contribution in [0.2, 0.25) is 0 Å². The van der Waals surface area contributed by atoms with E-state index in [1.807, 2.05) is 0 Å². The second-order valence-corrected chi connectivity index (χ2v) is 6.04. The Morgan fingerprint density at radius 1 is 1.32 bits per heavy atom. The van der Waals surface area contributed by atoms with Crippen molar-refractivity contribution in [3.8, 4) is 5.75 Å². The van der Waals surface area contributed by atoms with Gasteiger partial charge in [-0.3, -0.25) is 9.09 Å². The third-order valence-corrected chi connectivity index (χ3v) is 3.91. The molecule has 12 heteroatoms. The van der Waals surface area contributed by atoms with E-state index in [4.69, 9.17) is 9.63 Å². The fraction of sp³-hybridized carbons (Fsp3) is 0.400. The SMILES string of the molecule is CCOc1cccc(C(F)(F)F)c1S(=O)(=O)OCO[PH](=O)O. The Morgan fingerprint density at radius 2 is 1.95 bits per heavy atom. The van der Waals surface area contributed by atoms with Crippen molar-refractivity contribution in [1.82, 2.24) is 0 Å². The number of benzene rings is 1. The second kappa shape index (κ2) is 7.42. The predicted octanol–water partition coefficient (Wildman–Crippen LogP) is 2.17. The standard InChI is InChI=1S/C10H12F3O7PS/c1-2-18-8-5-3-4-7(10(11,12)13)9(8)22(16,17)20-6-19-21(14)15/h3-5,21H,2,6H2,1H3,(H,14,15). The number of hydrogen-bond acceptors (Lipinski definition) is 6. The number of alkyl halides is 3. The van der Waals surface area contributed by atoms with Crippen LogP contribution in [0.25, 0.3) is 0 Å². The molecule has 22 heavy (non-hydrogen) atoms. The molecule has 1 N–H and O–H groups in total.